The van der Waals surface area contributed by atoms with Gasteiger partial charge >= 0.3 is 0 Å². The number of carbonyl (C=O) groups excluding carboxylic acids is 3. The molecule has 2 saturated heterocycles. The number of hydrogen-bond donors (Lipinski definition) is 2. The molecule has 0 aliphatic carbocycles. The zero-order valence-electron chi connectivity index (χ0n) is 19.5. The average molecular weight is 572 g/mol. The molecule has 0 radical (unpaired) electrons. The molecule has 14 heteroatoms. The lowest BCUT2D eigenvalue weighted by atomic mass is 10.1. The molecule has 4 rings (SSSR count). The Morgan fingerprint density at radius 3 is 2.72 bits per heavy atom. The van der Waals surface area contributed by atoms with E-state index in [4.69, 9.17) is 11.6 Å². The molecule has 2 atom stereocenters. The first-order chi connectivity index (χ1) is 17.1. The molecular formula is C22H26ClN5O5S3. The lowest BCUT2D eigenvalue weighted by molar-refractivity contribution is -0.144. The van der Waals surface area contributed by atoms with Crippen molar-refractivity contribution in [1.82, 2.24) is 19.5 Å². The normalized spacial score (nSPS) is 20.9. The number of likely N-dealkylation sites (tertiary alicyclic amines) is 2. The monoisotopic (exact) mass is 571 g/mol. The predicted octanol–water partition coefficient (Wildman–Crippen LogP) is 2.68. The standard InChI is InChI=1S/C22H26ClN5O5S3/c1-14-13-34-22(24-14)25-20(30)17-5-3-10-28(17)19(29)12-27-9-2-4-16(21(27)31)26-36(32,33)11-8-15-6-7-18(23)35-15/h6-8,11,13,16-17,26H,2-5,9-10,12H2,1H3,(H,24,25,30)/t16-,17+/m0/s1. The largest absolute Gasteiger partial charge is 0.332 e. The van der Waals surface area contributed by atoms with Crippen molar-refractivity contribution < 1.29 is 22.8 Å². The van der Waals surface area contributed by atoms with E-state index in [0.717, 1.165) is 11.1 Å². The van der Waals surface area contributed by atoms with E-state index in [-0.39, 0.29) is 18.4 Å². The molecule has 0 bridgehead atoms. The molecule has 194 valence electrons. The van der Waals surface area contributed by atoms with Crippen molar-refractivity contribution in [2.45, 2.75) is 44.7 Å². The quantitative estimate of drug-likeness (QED) is 0.501. The van der Waals surface area contributed by atoms with Crippen LogP contribution in [0.15, 0.2) is 22.9 Å². The van der Waals surface area contributed by atoms with Crippen LogP contribution >= 0.6 is 34.3 Å². The van der Waals surface area contributed by atoms with Crippen LogP contribution in [0.5, 0.6) is 0 Å². The minimum Gasteiger partial charge on any atom is -0.332 e. The summed E-state index contributed by atoms with van der Waals surface area (Å²) in [4.78, 5) is 46.6. The summed E-state index contributed by atoms with van der Waals surface area (Å²) in [5.74, 6) is -1.09. The number of rotatable bonds is 8. The van der Waals surface area contributed by atoms with E-state index in [1.807, 2.05) is 12.3 Å². The zero-order valence-corrected chi connectivity index (χ0v) is 22.7. The van der Waals surface area contributed by atoms with E-state index in [1.165, 1.54) is 38.5 Å². The van der Waals surface area contributed by atoms with Crippen LogP contribution in [0.1, 0.15) is 36.3 Å². The van der Waals surface area contributed by atoms with Crippen molar-refractivity contribution >= 4 is 73.2 Å². The molecule has 2 N–H and O–H groups in total. The van der Waals surface area contributed by atoms with Crippen molar-refractivity contribution in [2.24, 2.45) is 0 Å². The summed E-state index contributed by atoms with van der Waals surface area (Å²) < 4.78 is 28.0. The fraction of sp³-hybridized carbons (Fsp3) is 0.455. The summed E-state index contributed by atoms with van der Waals surface area (Å²) in [6.07, 6.45) is 3.51. The third-order valence-corrected chi connectivity index (χ3v) is 9.07. The van der Waals surface area contributed by atoms with E-state index in [9.17, 15) is 22.8 Å². The smallest absolute Gasteiger partial charge is 0.248 e. The molecule has 36 heavy (non-hydrogen) atoms. The molecule has 0 spiro atoms. The molecule has 2 aromatic rings. The Labute approximate surface area is 222 Å². The molecule has 3 amide bonds. The van der Waals surface area contributed by atoms with Crippen molar-refractivity contribution in [3.8, 4) is 0 Å². The van der Waals surface area contributed by atoms with Gasteiger partial charge in [-0.3, -0.25) is 14.4 Å². The van der Waals surface area contributed by atoms with Crippen LogP contribution < -0.4 is 10.0 Å². The van der Waals surface area contributed by atoms with Gasteiger partial charge in [-0.05, 0) is 50.8 Å². The Morgan fingerprint density at radius 1 is 1.25 bits per heavy atom. The number of thiazole rings is 1. The van der Waals surface area contributed by atoms with Crippen LogP contribution in [0, 0.1) is 6.92 Å². The number of amides is 3. The highest BCUT2D eigenvalue weighted by molar-refractivity contribution is 7.92. The Balaban J connectivity index is 1.35. The van der Waals surface area contributed by atoms with Crippen LogP contribution in [0.4, 0.5) is 5.13 Å². The van der Waals surface area contributed by atoms with Gasteiger partial charge in [0, 0.05) is 28.8 Å². The van der Waals surface area contributed by atoms with E-state index in [2.05, 4.69) is 15.0 Å². The zero-order chi connectivity index (χ0) is 25.9. The summed E-state index contributed by atoms with van der Waals surface area (Å²) in [5.41, 5.74) is 0.801. The van der Waals surface area contributed by atoms with Gasteiger partial charge in [0.25, 0.3) is 0 Å². The molecule has 2 aromatic heterocycles. The lowest BCUT2D eigenvalue weighted by Crippen LogP contribution is -2.55. The maximum absolute atomic E-state index is 13.1. The number of carbonyl (C=O) groups is 3. The molecule has 2 aliphatic rings. The second-order valence-corrected chi connectivity index (χ2v) is 12.8. The van der Waals surface area contributed by atoms with Gasteiger partial charge in [-0.1, -0.05) is 11.6 Å². The number of sulfonamides is 1. The number of thiophene rings is 1. The molecule has 2 fully saturated rings. The Bertz CT molecular complexity index is 1270. The maximum Gasteiger partial charge on any atom is 0.248 e. The molecule has 2 aliphatic heterocycles. The van der Waals surface area contributed by atoms with Crippen LogP contribution in [0.3, 0.4) is 0 Å². The number of nitrogens with one attached hydrogen (secondary N) is 2. The van der Waals surface area contributed by atoms with E-state index in [0.29, 0.717) is 53.1 Å². The molecule has 0 unspecified atom stereocenters. The van der Waals surface area contributed by atoms with Gasteiger partial charge in [0.1, 0.15) is 12.1 Å². The Kier molecular flexibility index (Phi) is 8.45. The van der Waals surface area contributed by atoms with Crippen molar-refractivity contribution in [1.29, 1.82) is 0 Å². The summed E-state index contributed by atoms with van der Waals surface area (Å²) in [6.45, 7) is 2.39. The Morgan fingerprint density at radius 2 is 2.03 bits per heavy atom. The molecule has 4 heterocycles. The average Bonchev–Trinajstić information content (AvgIpc) is 3.56. The van der Waals surface area contributed by atoms with Gasteiger partial charge in [-0.25, -0.2) is 13.4 Å². The minimum absolute atomic E-state index is 0.208. The van der Waals surface area contributed by atoms with Gasteiger partial charge in [0.15, 0.2) is 5.13 Å². The lowest BCUT2D eigenvalue weighted by Gasteiger charge is -2.33. The summed E-state index contributed by atoms with van der Waals surface area (Å²) in [5, 5.41) is 6.08. The van der Waals surface area contributed by atoms with E-state index in [1.54, 1.807) is 12.1 Å². The first-order valence-electron chi connectivity index (χ1n) is 11.4. The number of hydrogen-bond acceptors (Lipinski definition) is 8. The van der Waals surface area contributed by atoms with Crippen LogP contribution in [0.2, 0.25) is 4.34 Å². The van der Waals surface area contributed by atoms with Gasteiger partial charge in [-0.15, -0.1) is 22.7 Å². The highest BCUT2D eigenvalue weighted by Gasteiger charge is 2.37. The summed E-state index contributed by atoms with van der Waals surface area (Å²) in [7, 11) is -3.89. The molecule has 10 nitrogen and oxygen atoms in total. The number of anilines is 1. The first kappa shape index (κ1) is 26.7. The van der Waals surface area contributed by atoms with Crippen molar-refractivity contribution in [3.63, 3.8) is 0 Å². The second kappa shape index (κ2) is 11.4. The number of piperidine rings is 1. The van der Waals surface area contributed by atoms with Crippen LogP contribution in [-0.4, -0.2) is 72.6 Å². The number of aryl methyl sites for hydroxylation is 1. The fourth-order valence-electron chi connectivity index (χ4n) is 4.21. The number of halogens is 1. The van der Waals surface area contributed by atoms with Crippen LogP contribution in [0.25, 0.3) is 6.08 Å². The summed E-state index contributed by atoms with van der Waals surface area (Å²) >= 11 is 8.42. The van der Waals surface area contributed by atoms with Gasteiger partial charge in [0.05, 0.1) is 16.6 Å². The predicted molar refractivity (Wildman–Crippen MR) is 140 cm³/mol. The minimum atomic E-state index is -3.89. The third kappa shape index (κ3) is 6.71. The topological polar surface area (TPSA) is 129 Å². The highest BCUT2D eigenvalue weighted by Crippen LogP contribution is 2.24. The van der Waals surface area contributed by atoms with Crippen LogP contribution in [-0.2, 0) is 24.4 Å². The molecular weight excluding hydrogens is 546 g/mol. The van der Waals surface area contributed by atoms with Crippen molar-refractivity contribution in [2.75, 3.05) is 25.0 Å². The first-order valence-corrected chi connectivity index (χ1v) is 15.0. The van der Waals surface area contributed by atoms with E-state index >= 15 is 0 Å². The third-order valence-electron chi connectivity index (χ3n) is 5.89. The second-order valence-electron chi connectivity index (χ2n) is 8.59. The van der Waals surface area contributed by atoms with Gasteiger partial charge in [-0.2, -0.15) is 4.72 Å². The maximum atomic E-state index is 13.1. The number of aromatic nitrogens is 1. The Hall–Kier alpha value is -2.32. The van der Waals surface area contributed by atoms with Gasteiger partial charge < -0.3 is 15.1 Å². The highest BCUT2D eigenvalue weighted by atomic mass is 35.5. The molecule has 0 aromatic carbocycles. The number of nitrogens with zero attached hydrogens (tertiary/aromatic N) is 3. The summed E-state index contributed by atoms with van der Waals surface area (Å²) in [6, 6.07) is 1.77. The fourth-order valence-corrected chi connectivity index (χ4v) is 6.97. The SMILES string of the molecule is Cc1csc(NC(=O)[C@H]2CCCN2C(=O)CN2CCC[C@H](NS(=O)(=O)C=Cc3ccc(Cl)s3)C2=O)n1. The van der Waals surface area contributed by atoms with Crippen molar-refractivity contribution in [3.05, 3.63) is 37.8 Å². The molecule has 0 saturated carbocycles. The van der Waals surface area contributed by atoms with E-state index < -0.39 is 28.0 Å². The van der Waals surface area contributed by atoms with Gasteiger partial charge in [0.2, 0.25) is 27.7 Å².